The van der Waals surface area contributed by atoms with Crippen LogP contribution in [-0.2, 0) is 20.0 Å². The Kier molecular flexibility index (Phi) is 6.41. The van der Waals surface area contributed by atoms with Crippen LogP contribution in [-0.4, -0.2) is 32.7 Å². The molecule has 1 heterocycles. The van der Waals surface area contributed by atoms with Gasteiger partial charge in [-0.25, -0.2) is 17.2 Å². The Bertz CT molecular complexity index is 1460. The van der Waals surface area contributed by atoms with Crippen molar-refractivity contribution in [3.8, 4) is 0 Å². The number of benzene rings is 3. The summed E-state index contributed by atoms with van der Waals surface area (Å²) in [6.45, 7) is 1.50. The molecule has 1 atom stereocenters. The van der Waals surface area contributed by atoms with Gasteiger partial charge in [0.05, 0.1) is 22.4 Å². The van der Waals surface area contributed by atoms with Crippen molar-refractivity contribution in [2.75, 3.05) is 10.5 Å². The second-order valence-corrected chi connectivity index (χ2v) is 11.4. The van der Waals surface area contributed by atoms with Crippen LogP contribution in [0.3, 0.4) is 0 Å². The highest BCUT2D eigenvalue weighted by atomic mass is 32.2. The number of nitrogens with zero attached hydrogens (tertiary/aromatic N) is 2. The van der Waals surface area contributed by atoms with Crippen molar-refractivity contribution in [2.45, 2.75) is 24.3 Å². The summed E-state index contributed by atoms with van der Waals surface area (Å²) in [6.07, 6.45) is 0.0470. The highest BCUT2D eigenvalue weighted by Gasteiger charge is 2.39. The van der Waals surface area contributed by atoms with Crippen molar-refractivity contribution < 1.29 is 25.6 Å². The summed E-state index contributed by atoms with van der Waals surface area (Å²) in [5.74, 6) is -1.30. The molecule has 3 aromatic carbocycles. The molecule has 0 aromatic heterocycles. The van der Waals surface area contributed by atoms with E-state index in [0.29, 0.717) is 17.0 Å². The first-order chi connectivity index (χ1) is 16.1. The Balaban J connectivity index is 1.78. The van der Waals surface area contributed by atoms with Crippen LogP contribution in [0.5, 0.6) is 0 Å². The van der Waals surface area contributed by atoms with Gasteiger partial charge in [-0.3, -0.25) is 4.72 Å². The van der Waals surface area contributed by atoms with Crippen LogP contribution in [0.15, 0.2) is 82.8 Å². The highest BCUT2D eigenvalue weighted by molar-refractivity contribution is 7.92. The smallest absolute Gasteiger partial charge is 0.279 e. The lowest BCUT2D eigenvalue weighted by Gasteiger charge is -2.23. The van der Waals surface area contributed by atoms with Crippen LogP contribution >= 0.6 is 0 Å². The van der Waals surface area contributed by atoms with Crippen molar-refractivity contribution in [2.24, 2.45) is 5.10 Å². The molecule has 0 spiro atoms. The first-order valence-electron chi connectivity index (χ1n) is 10.3. The van der Waals surface area contributed by atoms with Crippen molar-refractivity contribution in [1.29, 1.82) is 0 Å². The van der Waals surface area contributed by atoms with E-state index in [4.69, 9.17) is 0 Å². The summed E-state index contributed by atoms with van der Waals surface area (Å²) in [5.41, 5.74) is 1.24. The van der Waals surface area contributed by atoms with Gasteiger partial charge in [0.25, 0.3) is 10.0 Å². The Labute approximate surface area is 196 Å². The summed E-state index contributed by atoms with van der Waals surface area (Å²) < 4.78 is 82.0. The van der Waals surface area contributed by atoms with E-state index in [0.717, 1.165) is 28.7 Å². The molecule has 1 aliphatic heterocycles. The fourth-order valence-corrected chi connectivity index (χ4v) is 5.65. The molecule has 34 heavy (non-hydrogen) atoms. The molecule has 11 heteroatoms. The molecule has 0 aliphatic carbocycles. The van der Waals surface area contributed by atoms with E-state index < -0.39 is 37.7 Å². The van der Waals surface area contributed by atoms with Gasteiger partial charge < -0.3 is 0 Å². The third kappa shape index (κ3) is 4.80. The molecule has 3 aromatic rings. The van der Waals surface area contributed by atoms with Gasteiger partial charge in [-0.15, -0.1) is 0 Å². The molecule has 0 unspecified atom stereocenters. The first kappa shape index (κ1) is 23.8. The Morgan fingerprint density at radius 3 is 2.35 bits per heavy atom. The average molecular weight is 506 g/mol. The molecule has 0 radical (unpaired) electrons. The number of hydrogen-bond acceptors (Lipinski definition) is 5. The Hall–Kier alpha value is -3.31. The van der Waals surface area contributed by atoms with Crippen LogP contribution in [0, 0.1) is 11.6 Å². The minimum atomic E-state index is -4.25. The lowest BCUT2D eigenvalue weighted by atomic mass is 9.98. The van der Waals surface area contributed by atoms with Gasteiger partial charge in [0.2, 0.25) is 10.0 Å². The quantitative estimate of drug-likeness (QED) is 0.519. The van der Waals surface area contributed by atoms with E-state index in [1.165, 1.54) is 25.1 Å². The van der Waals surface area contributed by atoms with Gasteiger partial charge in [0, 0.05) is 17.7 Å². The van der Waals surface area contributed by atoms with Crippen molar-refractivity contribution in [3.63, 3.8) is 0 Å². The number of rotatable bonds is 7. The maximum absolute atomic E-state index is 14.7. The predicted molar refractivity (Wildman–Crippen MR) is 125 cm³/mol. The summed E-state index contributed by atoms with van der Waals surface area (Å²) in [7, 11) is -7.77. The SMILES string of the molecule is CCS(=O)(=O)Nc1cccc(C2=NN(S(=O)(=O)c3ccc(F)cc3)[C@@H](c3ccccc3F)C2)c1. The average Bonchev–Trinajstić information content (AvgIpc) is 3.26. The van der Waals surface area contributed by atoms with Crippen molar-refractivity contribution >= 4 is 31.4 Å². The van der Waals surface area contributed by atoms with Gasteiger partial charge in [0.15, 0.2) is 0 Å². The monoisotopic (exact) mass is 505 g/mol. The zero-order chi connectivity index (χ0) is 24.5. The van der Waals surface area contributed by atoms with E-state index in [-0.39, 0.29) is 22.6 Å². The molecule has 0 saturated heterocycles. The number of nitrogens with one attached hydrogen (secondary N) is 1. The topological polar surface area (TPSA) is 95.9 Å². The number of hydrogen-bond donors (Lipinski definition) is 1. The zero-order valence-electron chi connectivity index (χ0n) is 18.0. The minimum Gasteiger partial charge on any atom is -0.284 e. The van der Waals surface area contributed by atoms with Gasteiger partial charge in [-0.1, -0.05) is 30.3 Å². The van der Waals surface area contributed by atoms with Crippen molar-refractivity contribution in [3.05, 3.63) is 95.6 Å². The van der Waals surface area contributed by atoms with Gasteiger partial charge in [-0.05, 0) is 55.0 Å². The Morgan fingerprint density at radius 1 is 0.971 bits per heavy atom. The van der Waals surface area contributed by atoms with Crippen LogP contribution in [0.25, 0.3) is 0 Å². The van der Waals surface area contributed by atoms with Crippen LogP contribution in [0.2, 0.25) is 0 Å². The number of anilines is 1. The van der Waals surface area contributed by atoms with Gasteiger partial charge >= 0.3 is 0 Å². The predicted octanol–water partition coefficient (Wildman–Crippen LogP) is 4.27. The Morgan fingerprint density at radius 2 is 1.68 bits per heavy atom. The fourth-order valence-electron chi connectivity index (χ4n) is 3.59. The third-order valence-electron chi connectivity index (χ3n) is 5.34. The fraction of sp³-hybridized carbons (Fsp3) is 0.174. The summed E-state index contributed by atoms with van der Waals surface area (Å²) in [6, 6.07) is 15.5. The lowest BCUT2D eigenvalue weighted by Crippen LogP contribution is -2.28. The van der Waals surface area contributed by atoms with E-state index in [1.807, 2.05) is 0 Å². The van der Waals surface area contributed by atoms with E-state index >= 15 is 0 Å². The van der Waals surface area contributed by atoms with E-state index in [9.17, 15) is 25.6 Å². The molecule has 4 rings (SSSR count). The van der Waals surface area contributed by atoms with Crippen LogP contribution < -0.4 is 4.72 Å². The standard InChI is InChI=1S/C23H21F2N3O4S2/c1-2-33(29,30)27-18-7-5-6-16(14-18)22-15-23(20-8-3-4-9-21(20)25)28(26-22)34(31,32)19-12-10-17(24)11-13-19/h3-14,23,27H,2,15H2,1H3/t23-/m1/s1. The lowest BCUT2D eigenvalue weighted by molar-refractivity contribution is 0.362. The maximum Gasteiger partial charge on any atom is 0.279 e. The van der Waals surface area contributed by atoms with Gasteiger partial charge in [-0.2, -0.15) is 17.9 Å². The van der Waals surface area contributed by atoms with Crippen molar-refractivity contribution in [1.82, 2.24) is 4.41 Å². The third-order valence-corrected chi connectivity index (χ3v) is 8.35. The van der Waals surface area contributed by atoms with E-state index in [2.05, 4.69) is 9.82 Å². The number of halogens is 2. The summed E-state index contributed by atoms with van der Waals surface area (Å²) >= 11 is 0. The van der Waals surface area contributed by atoms with E-state index in [1.54, 1.807) is 30.3 Å². The van der Waals surface area contributed by atoms with Crippen LogP contribution in [0.4, 0.5) is 14.5 Å². The summed E-state index contributed by atoms with van der Waals surface area (Å²) in [4.78, 5) is -0.190. The first-order valence-corrected chi connectivity index (χ1v) is 13.4. The highest BCUT2D eigenvalue weighted by Crippen LogP contribution is 2.38. The second-order valence-electron chi connectivity index (χ2n) is 7.61. The molecule has 7 nitrogen and oxygen atoms in total. The minimum absolute atomic E-state index is 0.0470. The molecular weight excluding hydrogens is 484 g/mol. The molecule has 0 fully saturated rings. The molecule has 0 bridgehead atoms. The maximum atomic E-state index is 14.7. The number of hydrazone groups is 1. The molecule has 1 aliphatic rings. The van der Waals surface area contributed by atoms with Gasteiger partial charge in [0.1, 0.15) is 11.6 Å². The second kappa shape index (κ2) is 9.15. The van der Waals surface area contributed by atoms with Crippen LogP contribution in [0.1, 0.15) is 30.5 Å². The molecule has 178 valence electrons. The molecule has 0 saturated carbocycles. The molecular formula is C23H21F2N3O4S2. The largest absolute Gasteiger partial charge is 0.284 e. The number of sulfonamides is 2. The molecule has 1 N–H and O–H groups in total. The zero-order valence-corrected chi connectivity index (χ0v) is 19.7. The normalized spacial score (nSPS) is 16.4. The summed E-state index contributed by atoms with van der Waals surface area (Å²) in [5, 5.41) is 4.31. The molecule has 0 amide bonds.